The Labute approximate surface area is 124 Å². The van der Waals surface area contributed by atoms with E-state index in [1.165, 1.54) is 12.0 Å². The van der Waals surface area contributed by atoms with E-state index >= 15 is 0 Å². The van der Waals surface area contributed by atoms with E-state index < -0.39 is 0 Å². The Morgan fingerprint density at radius 1 is 1.43 bits per heavy atom. The minimum atomic E-state index is -0.256. The summed E-state index contributed by atoms with van der Waals surface area (Å²) in [6.45, 7) is 3.48. The van der Waals surface area contributed by atoms with Crippen molar-refractivity contribution in [2.75, 3.05) is 13.1 Å². The van der Waals surface area contributed by atoms with Gasteiger partial charge < -0.3 is 5.73 Å². The van der Waals surface area contributed by atoms with Crippen molar-refractivity contribution in [3.05, 3.63) is 30.0 Å². The summed E-state index contributed by atoms with van der Waals surface area (Å²) in [4.78, 5) is 13.5. The number of hydrogen-bond acceptors (Lipinski definition) is 3. The number of hydrogen-bond donors (Lipinski definition) is 1. The number of piperidine rings is 1. The van der Waals surface area contributed by atoms with Crippen molar-refractivity contribution < 1.29 is 4.79 Å². The predicted octanol–water partition coefficient (Wildman–Crippen LogP) is 1.83. The van der Waals surface area contributed by atoms with Crippen LogP contribution in [0.5, 0.6) is 0 Å². The third-order valence-electron chi connectivity index (χ3n) is 4.31. The maximum Gasteiger partial charge on any atom is 0.231 e. The fourth-order valence-electron chi connectivity index (χ4n) is 3.36. The van der Waals surface area contributed by atoms with E-state index in [2.05, 4.69) is 35.1 Å². The number of aromatic nitrogens is 2. The van der Waals surface area contributed by atoms with Crippen LogP contribution in [-0.4, -0.2) is 33.7 Å². The Balaban J connectivity index is 1.91. The fraction of sp³-hybridized carbons (Fsp3) is 0.500. The minimum Gasteiger partial charge on any atom is -0.369 e. The highest BCUT2D eigenvalue weighted by Crippen LogP contribution is 2.34. The van der Waals surface area contributed by atoms with Crippen molar-refractivity contribution in [1.82, 2.24) is 14.7 Å². The van der Waals surface area contributed by atoms with E-state index in [1.54, 1.807) is 0 Å². The second-order valence-electron chi connectivity index (χ2n) is 6.22. The molecule has 112 valence electrons. The van der Waals surface area contributed by atoms with Crippen molar-refractivity contribution in [3.63, 3.8) is 0 Å². The third kappa shape index (κ3) is 2.93. The van der Waals surface area contributed by atoms with Crippen LogP contribution in [0.3, 0.4) is 0 Å². The molecule has 5 nitrogen and oxygen atoms in total. The molecule has 1 fully saturated rings. The molecule has 1 aliphatic heterocycles. The van der Waals surface area contributed by atoms with Gasteiger partial charge in [-0.15, -0.1) is 0 Å². The van der Waals surface area contributed by atoms with Gasteiger partial charge in [-0.3, -0.25) is 14.4 Å². The lowest BCUT2D eigenvalue weighted by molar-refractivity contribution is -0.120. The van der Waals surface area contributed by atoms with Crippen molar-refractivity contribution >= 4 is 16.8 Å². The number of carbonyl (C=O) groups is 1. The smallest absolute Gasteiger partial charge is 0.231 e. The number of nitrogens with two attached hydrogens (primary N) is 1. The number of aryl methyl sites for hydroxylation is 1. The van der Waals surface area contributed by atoms with Crippen LogP contribution < -0.4 is 5.73 Å². The van der Waals surface area contributed by atoms with Crippen LogP contribution in [0.15, 0.2) is 24.4 Å². The highest BCUT2D eigenvalue weighted by Gasteiger charge is 2.28. The molecule has 1 aliphatic rings. The minimum absolute atomic E-state index is 0.256. The molecule has 0 saturated carbocycles. The molecule has 5 heteroatoms. The van der Waals surface area contributed by atoms with Crippen LogP contribution in [0.4, 0.5) is 0 Å². The molecule has 1 saturated heterocycles. The fourth-order valence-corrected chi connectivity index (χ4v) is 3.36. The zero-order valence-electron chi connectivity index (χ0n) is 12.6. The molecule has 2 aromatic rings. The van der Waals surface area contributed by atoms with E-state index in [9.17, 15) is 4.79 Å². The highest BCUT2D eigenvalue weighted by molar-refractivity contribution is 5.79. The van der Waals surface area contributed by atoms with Crippen LogP contribution in [0.2, 0.25) is 0 Å². The first-order valence-electron chi connectivity index (χ1n) is 7.48. The first-order valence-corrected chi connectivity index (χ1v) is 7.48. The monoisotopic (exact) mass is 286 g/mol. The molecule has 1 aromatic carbocycles. The Kier molecular flexibility index (Phi) is 3.68. The number of amides is 1. The maximum absolute atomic E-state index is 11.3. The number of nitrogens with zero attached hydrogens (tertiary/aromatic N) is 3. The quantitative estimate of drug-likeness (QED) is 0.936. The lowest BCUT2D eigenvalue weighted by atomic mass is 9.89. The van der Waals surface area contributed by atoms with Gasteiger partial charge in [0.1, 0.15) is 0 Å². The molecule has 0 unspecified atom stereocenters. The van der Waals surface area contributed by atoms with E-state index in [0.29, 0.717) is 12.5 Å². The Morgan fingerprint density at radius 3 is 3.00 bits per heavy atom. The molecule has 2 atom stereocenters. The Bertz CT molecular complexity index is 663. The third-order valence-corrected chi connectivity index (χ3v) is 4.31. The lowest BCUT2D eigenvalue weighted by Gasteiger charge is -2.38. The standard InChI is InChI=1S/C16H22N4O/c1-11-3-6-15(20(8-11)10-16(17)21)12-4-5-13-9-19(2)18-14(13)7-12/h4-5,7,9,11,15H,3,6,8,10H2,1-2H3,(H2,17,21)/t11-,15+/m0/s1. The summed E-state index contributed by atoms with van der Waals surface area (Å²) in [5.74, 6) is 0.354. The number of benzene rings is 1. The summed E-state index contributed by atoms with van der Waals surface area (Å²) in [5.41, 5.74) is 7.64. The van der Waals surface area contributed by atoms with Gasteiger partial charge in [0.2, 0.25) is 5.91 Å². The summed E-state index contributed by atoms with van der Waals surface area (Å²) in [6.07, 6.45) is 4.26. The molecular weight excluding hydrogens is 264 g/mol. The van der Waals surface area contributed by atoms with Gasteiger partial charge in [0.25, 0.3) is 0 Å². The normalized spacial score (nSPS) is 23.5. The second-order valence-corrected chi connectivity index (χ2v) is 6.22. The Hall–Kier alpha value is -1.88. The predicted molar refractivity (Wildman–Crippen MR) is 82.6 cm³/mol. The summed E-state index contributed by atoms with van der Waals surface area (Å²) >= 11 is 0. The molecule has 0 aliphatic carbocycles. The van der Waals surface area contributed by atoms with Gasteiger partial charge in [-0.25, -0.2) is 0 Å². The van der Waals surface area contributed by atoms with Crippen molar-refractivity contribution in [3.8, 4) is 0 Å². The van der Waals surface area contributed by atoms with E-state index in [-0.39, 0.29) is 11.9 Å². The topological polar surface area (TPSA) is 64.2 Å². The number of likely N-dealkylation sites (tertiary alicyclic amines) is 1. The zero-order valence-corrected chi connectivity index (χ0v) is 12.6. The summed E-state index contributed by atoms with van der Waals surface area (Å²) in [6, 6.07) is 6.67. The summed E-state index contributed by atoms with van der Waals surface area (Å²) < 4.78 is 1.83. The number of rotatable bonds is 3. The second kappa shape index (κ2) is 5.48. The molecule has 0 bridgehead atoms. The van der Waals surface area contributed by atoms with Gasteiger partial charge in [-0.2, -0.15) is 5.10 Å². The van der Waals surface area contributed by atoms with E-state index in [4.69, 9.17) is 5.73 Å². The number of carbonyl (C=O) groups excluding carboxylic acids is 1. The number of primary amides is 1. The maximum atomic E-state index is 11.3. The molecule has 1 aromatic heterocycles. The van der Waals surface area contributed by atoms with Gasteiger partial charge in [0.05, 0.1) is 12.1 Å². The van der Waals surface area contributed by atoms with Gasteiger partial charge in [0, 0.05) is 31.2 Å². The van der Waals surface area contributed by atoms with Crippen LogP contribution in [-0.2, 0) is 11.8 Å². The molecular formula is C16H22N4O. The van der Waals surface area contributed by atoms with Gasteiger partial charge in [-0.1, -0.05) is 19.1 Å². The molecule has 0 radical (unpaired) electrons. The average molecular weight is 286 g/mol. The molecule has 3 rings (SSSR count). The molecule has 21 heavy (non-hydrogen) atoms. The van der Waals surface area contributed by atoms with Crippen molar-refractivity contribution in [1.29, 1.82) is 0 Å². The van der Waals surface area contributed by atoms with Crippen LogP contribution >= 0.6 is 0 Å². The Morgan fingerprint density at radius 2 is 2.24 bits per heavy atom. The first-order chi connectivity index (χ1) is 10.0. The van der Waals surface area contributed by atoms with Crippen LogP contribution in [0, 0.1) is 5.92 Å². The van der Waals surface area contributed by atoms with Crippen molar-refractivity contribution in [2.45, 2.75) is 25.8 Å². The largest absolute Gasteiger partial charge is 0.369 e. The van der Waals surface area contributed by atoms with Gasteiger partial charge in [0.15, 0.2) is 0 Å². The molecule has 1 amide bonds. The van der Waals surface area contributed by atoms with Crippen LogP contribution in [0.25, 0.3) is 10.9 Å². The molecule has 2 heterocycles. The number of fused-ring (bicyclic) bond motifs is 1. The van der Waals surface area contributed by atoms with E-state index in [1.807, 2.05) is 17.9 Å². The van der Waals surface area contributed by atoms with Crippen LogP contribution in [0.1, 0.15) is 31.4 Å². The summed E-state index contributed by atoms with van der Waals surface area (Å²) in [5, 5.41) is 5.62. The van der Waals surface area contributed by atoms with E-state index in [0.717, 1.165) is 23.9 Å². The molecule has 0 spiro atoms. The van der Waals surface area contributed by atoms with Gasteiger partial charge >= 0.3 is 0 Å². The lowest BCUT2D eigenvalue weighted by Crippen LogP contribution is -2.42. The summed E-state index contributed by atoms with van der Waals surface area (Å²) in [7, 11) is 1.93. The highest BCUT2D eigenvalue weighted by atomic mass is 16.1. The average Bonchev–Trinajstić information content (AvgIpc) is 2.77. The first kappa shape index (κ1) is 14.1. The zero-order chi connectivity index (χ0) is 15.0. The van der Waals surface area contributed by atoms with Gasteiger partial charge in [-0.05, 0) is 30.4 Å². The molecule has 2 N–H and O–H groups in total. The SMILES string of the molecule is C[C@H]1CC[C@H](c2ccc3cn(C)nc3c2)N(CC(N)=O)C1. The van der Waals surface area contributed by atoms with Crippen molar-refractivity contribution in [2.24, 2.45) is 18.7 Å².